The summed E-state index contributed by atoms with van der Waals surface area (Å²) in [6, 6.07) is 8.12. The number of aryl methyl sites for hydroxylation is 1. The van der Waals surface area contributed by atoms with Crippen molar-refractivity contribution < 1.29 is 0 Å². The van der Waals surface area contributed by atoms with E-state index in [2.05, 4.69) is 17.2 Å². The van der Waals surface area contributed by atoms with Crippen LogP contribution in [0.25, 0.3) is 5.69 Å². The number of nitrogens with zero attached hydrogens (tertiary/aromatic N) is 3. The highest BCUT2D eigenvalue weighted by Crippen LogP contribution is 2.41. The Labute approximate surface area is 94.1 Å². The van der Waals surface area contributed by atoms with Crippen LogP contribution in [0.15, 0.2) is 24.3 Å². The minimum absolute atomic E-state index is 0.541. The molecule has 1 aliphatic carbocycles. The van der Waals surface area contributed by atoms with Crippen molar-refractivity contribution in [3.05, 3.63) is 35.5 Å². The second kappa shape index (κ2) is 3.33. The van der Waals surface area contributed by atoms with Crippen LogP contribution < -0.4 is 5.73 Å². The van der Waals surface area contributed by atoms with Crippen molar-refractivity contribution in [3.63, 3.8) is 0 Å². The lowest BCUT2D eigenvalue weighted by atomic mass is 10.2. The zero-order valence-electron chi connectivity index (χ0n) is 9.22. The molecule has 1 aliphatic rings. The molecule has 1 aromatic carbocycles. The summed E-state index contributed by atoms with van der Waals surface area (Å²) in [5.41, 5.74) is 9.21. The van der Waals surface area contributed by atoms with Crippen LogP contribution in [0, 0.1) is 6.92 Å². The second-order valence-electron chi connectivity index (χ2n) is 4.38. The van der Waals surface area contributed by atoms with Crippen molar-refractivity contribution in [2.24, 2.45) is 0 Å². The lowest BCUT2D eigenvalue weighted by Crippen LogP contribution is -2.02. The number of nitrogen functional groups attached to an aromatic ring is 1. The van der Waals surface area contributed by atoms with Gasteiger partial charge in [-0.2, -0.15) is 4.68 Å². The molecule has 0 aliphatic heterocycles. The molecule has 3 rings (SSSR count). The van der Waals surface area contributed by atoms with Crippen molar-refractivity contribution in [1.82, 2.24) is 15.0 Å². The average Bonchev–Trinajstić information content (AvgIpc) is 3.05. The lowest BCUT2D eigenvalue weighted by molar-refractivity contribution is 0.801. The highest BCUT2D eigenvalue weighted by molar-refractivity contribution is 5.46. The Morgan fingerprint density at radius 3 is 2.56 bits per heavy atom. The number of hydrogen-bond acceptors (Lipinski definition) is 3. The van der Waals surface area contributed by atoms with E-state index in [-0.39, 0.29) is 0 Å². The smallest absolute Gasteiger partial charge is 0.151 e. The van der Waals surface area contributed by atoms with Gasteiger partial charge in [-0.25, -0.2) is 0 Å². The molecule has 4 heteroatoms. The summed E-state index contributed by atoms with van der Waals surface area (Å²) in [5.74, 6) is 1.23. The van der Waals surface area contributed by atoms with E-state index in [4.69, 9.17) is 5.73 Å². The summed E-state index contributed by atoms with van der Waals surface area (Å²) in [4.78, 5) is 0. The molecule has 1 heterocycles. The summed E-state index contributed by atoms with van der Waals surface area (Å²) < 4.78 is 1.72. The van der Waals surface area contributed by atoms with E-state index in [0.29, 0.717) is 11.7 Å². The molecule has 0 radical (unpaired) electrons. The van der Waals surface area contributed by atoms with Gasteiger partial charge in [-0.3, -0.25) is 0 Å². The Morgan fingerprint density at radius 2 is 1.94 bits per heavy atom. The number of nitrogens with two attached hydrogens (primary N) is 1. The van der Waals surface area contributed by atoms with Crippen LogP contribution in [0.1, 0.15) is 30.0 Å². The van der Waals surface area contributed by atoms with Gasteiger partial charge in [0.05, 0.1) is 5.69 Å². The monoisotopic (exact) mass is 214 g/mol. The first kappa shape index (κ1) is 9.39. The highest BCUT2D eigenvalue weighted by atomic mass is 15.5. The predicted octanol–water partition coefficient (Wildman–Crippen LogP) is 2.04. The van der Waals surface area contributed by atoms with E-state index in [0.717, 1.165) is 11.4 Å². The molecule has 82 valence electrons. The molecule has 0 bridgehead atoms. The van der Waals surface area contributed by atoms with Gasteiger partial charge >= 0.3 is 0 Å². The number of benzene rings is 1. The minimum atomic E-state index is 0.541. The van der Waals surface area contributed by atoms with Crippen LogP contribution in [0.4, 0.5) is 5.82 Å². The van der Waals surface area contributed by atoms with E-state index in [1.807, 2.05) is 24.3 Å². The number of hydrogen-bond donors (Lipinski definition) is 1. The molecule has 2 N–H and O–H groups in total. The maximum absolute atomic E-state index is 6.05. The fourth-order valence-corrected chi connectivity index (χ4v) is 1.83. The molecule has 2 aromatic rings. The quantitative estimate of drug-likeness (QED) is 0.832. The van der Waals surface area contributed by atoms with Gasteiger partial charge in [0.2, 0.25) is 0 Å². The summed E-state index contributed by atoms with van der Waals surface area (Å²) in [7, 11) is 0. The summed E-state index contributed by atoms with van der Waals surface area (Å²) >= 11 is 0. The van der Waals surface area contributed by atoms with Crippen molar-refractivity contribution in [2.45, 2.75) is 25.7 Å². The molecule has 16 heavy (non-hydrogen) atoms. The zero-order valence-corrected chi connectivity index (χ0v) is 9.22. The normalized spacial score (nSPS) is 15.3. The molecule has 4 nitrogen and oxygen atoms in total. The van der Waals surface area contributed by atoms with E-state index in [1.54, 1.807) is 4.68 Å². The van der Waals surface area contributed by atoms with Crippen LogP contribution >= 0.6 is 0 Å². The molecule has 1 saturated carbocycles. The van der Waals surface area contributed by atoms with Gasteiger partial charge in [0.15, 0.2) is 5.82 Å². The molecule has 1 fully saturated rings. The highest BCUT2D eigenvalue weighted by Gasteiger charge is 2.29. The van der Waals surface area contributed by atoms with Gasteiger partial charge in [-0.15, -0.1) is 5.10 Å². The molecule has 0 atom stereocenters. The van der Waals surface area contributed by atoms with Gasteiger partial charge in [0.25, 0.3) is 0 Å². The first-order valence-corrected chi connectivity index (χ1v) is 5.54. The van der Waals surface area contributed by atoms with Crippen molar-refractivity contribution >= 4 is 5.82 Å². The Morgan fingerprint density at radius 1 is 1.25 bits per heavy atom. The maximum Gasteiger partial charge on any atom is 0.151 e. The Bertz CT molecular complexity index is 508. The van der Waals surface area contributed by atoms with Crippen LogP contribution in [-0.4, -0.2) is 15.0 Å². The third-order valence-electron chi connectivity index (χ3n) is 2.98. The fourth-order valence-electron chi connectivity index (χ4n) is 1.83. The largest absolute Gasteiger partial charge is 0.382 e. The third-order valence-corrected chi connectivity index (χ3v) is 2.98. The molecule has 0 spiro atoms. The number of rotatable bonds is 2. The Balaban J connectivity index is 2.02. The van der Waals surface area contributed by atoms with E-state index < -0.39 is 0 Å². The molecule has 0 amide bonds. The van der Waals surface area contributed by atoms with Crippen LogP contribution in [0.5, 0.6) is 0 Å². The first-order chi connectivity index (χ1) is 7.75. The summed E-state index contributed by atoms with van der Waals surface area (Å²) in [6.45, 7) is 2.06. The molecule has 1 aromatic heterocycles. The zero-order chi connectivity index (χ0) is 11.1. The van der Waals surface area contributed by atoms with Crippen LogP contribution in [-0.2, 0) is 0 Å². The average molecular weight is 214 g/mol. The SMILES string of the molecule is Cc1ccc(-n2nnc(C3CC3)c2N)cc1. The third kappa shape index (κ3) is 1.46. The van der Waals surface area contributed by atoms with Crippen molar-refractivity contribution in [3.8, 4) is 5.69 Å². The maximum atomic E-state index is 6.05. The van der Waals surface area contributed by atoms with Gasteiger partial charge < -0.3 is 5.73 Å². The van der Waals surface area contributed by atoms with Gasteiger partial charge in [0, 0.05) is 5.92 Å². The standard InChI is InChI=1S/C12H14N4/c1-8-2-6-10(7-3-8)16-12(13)11(14-15-16)9-4-5-9/h2-3,6-7,9H,4-5,13H2,1H3. The van der Waals surface area contributed by atoms with Gasteiger partial charge in [-0.05, 0) is 31.9 Å². The fraction of sp³-hybridized carbons (Fsp3) is 0.333. The Hall–Kier alpha value is -1.84. The first-order valence-electron chi connectivity index (χ1n) is 5.54. The number of aromatic nitrogens is 3. The molecular weight excluding hydrogens is 200 g/mol. The Kier molecular flexibility index (Phi) is 1.96. The van der Waals surface area contributed by atoms with E-state index in [1.165, 1.54) is 18.4 Å². The molecule has 0 saturated heterocycles. The predicted molar refractivity (Wildman–Crippen MR) is 62.5 cm³/mol. The summed E-state index contributed by atoms with van der Waals surface area (Å²) in [5, 5.41) is 8.28. The van der Waals surface area contributed by atoms with Crippen molar-refractivity contribution in [2.75, 3.05) is 5.73 Å². The van der Waals surface area contributed by atoms with Crippen LogP contribution in [0.2, 0.25) is 0 Å². The summed E-state index contributed by atoms with van der Waals surface area (Å²) in [6.07, 6.45) is 2.38. The van der Waals surface area contributed by atoms with Crippen LogP contribution in [0.3, 0.4) is 0 Å². The lowest BCUT2D eigenvalue weighted by Gasteiger charge is -2.03. The molecular formula is C12H14N4. The van der Waals surface area contributed by atoms with E-state index in [9.17, 15) is 0 Å². The van der Waals surface area contributed by atoms with Crippen molar-refractivity contribution in [1.29, 1.82) is 0 Å². The van der Waals surface area contributed by atoms with E-state index >= 15 is 0 Å². The minimum Gasteiger partial charge on any atom is -0.382 e. The molecule has 0 unspecified atom stereocenters. The second-order valence-corrected chi connectivity index (χ2v) is 4.38. The van der Waals surface area contributed by atoms with Gasteiger partial charge in [0.1, 0.15) is 5.69 Å². The van der Waals surface area contributed by atoms with Gasteiger partial charge in [-0.1, -0.05) is 22.9 Å². The topological polar surface area (TPSA) is 56.7 Å². The number of anilines is 1.